The van der Waals surface area contributed by atoms with Crippen LogP contribution in [0.15, 0.2) is 18.7 Å². The van der Waals surface area contributed by atoms with Crippen molar-refractivity contribution < 1.29 is 32.6 Å². The summed E-state index contributed by atoms with van der Waals surface area (Å²) >= 11 is 0. The van der Waals surface area contributed by atoms with Crippen molar-refractivity contribution >= 4 is 11.9 Å². The molecule has 1 atom stereocenters. The van der Waals surface area contributed by atoms with Crippen molar-refractivity contribution in [1.82, 2.24) is 29.2 Å². The standard InChI is InChI=1S/C15H20N6O2.C2HF3O2/c22-15(12-3-1-8-23-12)20-5-2-6-21-13(17-18-14(21)10-20)9-19-7-4-16-11-19;3-2(4,5)1(6)7/h4,7,11-12H,1-3,5-6,8-10H2;(H,6,7). The number of nitrogens with zero attached hydrogens (tertiary/aromatic N) is 6. The van der Waals surface area contributed by atoms with Crippen LogP contribution in [0.25, 0.3) is 0 Å². The fourth-order valence-electron chi connectivity index (χ4n) is 3.24. The van der Waals surface area contributed by atoms with Gasteiger partial charge < -0.3 is 23.9 Å². The molecule has 1 amide bonds. The molecule has 0 aromatic carbocycles. The summed E-state index contributed by atoms with van der Waals surface area (Å²) in [5.74, 6) is -0.906. The molecule has 2 aliphatic rings. The summed E-state index contributed by atoms with van der Waals surface area (Å²) in [5.41, 5.74) is 0. The van der Waals surface area contributed by atoms with Gasteiger partial charge >= 0.3 is 12.1 Å². The van der Waals surface area contributed by atoms with E-state index < -0.39 is 12.1 Å². The van der Waals surface area contributed by atoms with Crippen LogP contribution in [-0.4, -0.2) is 71.6 Å². The van der Waals surface area contributed by atoms with Crippen LogP contribution in [0.3, 0.4) is 0 Å². The molecule has 164 valence electrons. The molecule has 0 radical (unpaired) electrons. The summed E-state index contributed by atoms with van der Waals surface area (Å²) in [7, 11) is 0. The lowest BCUT2D eigenvalue weighted by atomic mass is 10.2. The fraction of sp³-hybridized carbons (Fsp3) is 0.588. The van der Waals surface area contributed by atoms with E-state index in [9.17, 15) is 18.0 Å². The van der Waals surface area contributed by atoms with E-state index in [0.717, 1.165) is 44.0 Å². The zero-order chi connectivity index (χ0) is 21.7. The number of alkyl halides is 3. The predicted octanol–water partition coefficient (Wildman–Crippen LogP) is 1.07. The molecule has 1 fully saturated rings. The topological polar surface area (TPSA) is 115 Å². The van der Waals surface area contributed by atoms with Gasteiger partial charge in [-0.3, -0.25) is 4.79 Å². The summed E-state index contributed by atoms with van der Waals surface area (Å²) < 4.78 is 41.4. The van der Waals surface area contributed by atoms with E-state index in [1.165, 1.54) is 0 Å². The van der Waals surface area contributed by atoms with Gasteiger partial charge in [0.15, 0.2) is 11.6 Å². The number of hydrogen-bond donors (Lipinski definition) is 1. The Morgan fingerprint density at radius 3 is 2.60 bits per heavy atom. The molecule has 1 saturated heterocycles. The molecule has 0 saturated carbocycles. The number of carbonyl (C=O) groups is 2. The van der Waals surface area contributed by atoms with E-state index >= 15 is 0 Å². The minimum Gasteiger partial charge on any atom is -0.475 e. The highest BCUT2D eigenvalue weighted by Gasteiger charge is 2.38. The molecule has 30 heavy (non-hydrogen) atoms. The SMILES string of the molecule is O=C(C1CCCO1)N1CCCn2c(nnc2Cn2ccnc2)C1.O=C(O)C(F)(F)F. The number of amides is 1. The van der Waals surface area contributed by atoms with Crippen molar-refractivity contribution in [3.05, 3.63) is 30.4 Å². The van der Waals surface area contributed by atoms with Gasteiger partial charge in [0.1, 0.15) is 6.10 Å². The Balaban J connectivity index is 0.000000318. The van der Waals surface area contributed by atoms with Crippen LogP contribution in [0, 0.1) is 0 Å². The van der Waals surface area contributed by atoms with Crippen LogP contribution in [0.4, 0.5) is 13.2 Å². The first-order valence-corrected chi connectivity index (χ1v) is 9.33. The Morgan fingerprint density at radius 2 is 2.00 bits per heavy atom. The van der Waals surface area contributed by atoms with Gasteiger partial charge in [-0.2, -0.15) is 13.2 Å². The molecule has 2 aromatic rings. The number of rotatable bonds is 3. The summed E-state index contributed by atoms with van der Waals surface area (Å²) in [6.07, 6.45) is 2.78. The Hall–Kier alpha value is -2.96. The van der Waals surface area contributed by atoms with Gasteiger partial charge in [-0.15, -0.1) is 10.2 Å². The van der Waals surface area contributed by atoms with Gasteiger partial charge in [-0.25, -0.2) is 9.78 Å². The van der Waals surface area contributed by atoms with E-state index in [2.05, 4.69) is 19.7 Å². The molecule has 13 heteroatoms. The van der Waals surface area contributed by atoms with Crippen LogP contribution in [0.5, 0.6) is 0 Å². The average Bonchev–Trinajstić information content (AvgIpc) is 3.43. The zero-order valence-electron chi connectivity index (χ0n) is 16.0. The number of carboxylic acid groups (broad SMARTS) is 1. The molecular weight excluding hydrogens is 409 g/mol. The Morgan fingerprint density at radius 1 is 1.23 bits per heavy atom. The number of carboxylic acids is 1. The Labute approximate surface area is 169 Å². The second-order valence-corrected chi connectivity index (χ2v) is 6.84. The lowest BCUT2D eigenvalue weighted by Crippen LogP contribution is -2.38. The molecule has 0 aliphatic carbocycles. The van der Waals surface area contributed by atoms with Gasteiger partial charge in [0.05, 0.1) is 19.4 Å². The highest BCUT2D eigenvalue weighted by atomic mass is 19.4. The van der Waals surface area contributed by atoms with Crippen LogP contribution < -0.4 is 0 Å². The number of halogens is 3. The zero-order valence-corrected chi connectivity index (χ0v) is 16.0. The highest BCUT2D eigenvalue weighted by molar-refractivity contribution is 5.81. The van der Waals surface area contributed by atoms with Crippen molar-refractivity contribution in [3.8, 4) is 0 Å². The summed E-state index contributed by atoms with van der Waals surface area (Å²) in [6, 6.07) is 0. The highest BCUT2D eigenvalue weighted by Crippen LogP contribution is 2.19. The lowest BCUT2D eigenvalue weighted by molar-refractivity contribution is -0.192. The molecule has 4 heterocycles. The number of hydrogen-bond acceptors (Lipinski definition) is 6. The van der Waals surface area contributed by atoms with Crippen molar-refractivity contribution in [2.45, 2.75) is 51.2 Å². The van der Waals surface area contributed by atoms with E-state index in [-0.39, 0.29) is 12.0 Å². The second-order valence-electron chi connectivity index (χ2n) is 6.84. The van der Waals surface area contributed by atoms with E-state index in [1.54, 1.807) is 12.5 Å². The first-order chi connectivity index (χ1) is 14.3. The van der Waals surface area contributed by atoms with Crippen molar-refractivity contribution in [2.75, 3.05) is 13.2 Å². The van der Waals surface area contributed by atoms with Crippen molar-refractivity contribution in [3.63, 3.8) is 0 Å². The normalized spacial score (nSPS) is 18.9. The Kier molecular flexibility index (Phi) is 6.70. The summed E-state index contributed by atoms with van der Waals surface area (Å²) in [6.45, 7) is 3.42. The number of carbonyl (C=O) groups excluding carboxylic acids is 1. The molecule has 10 nitrogen and oxygen atoms in total. The molecule has 2 aromatic heterocycles. The Bertz CT molecular complexity index is 861. The second kappa shape index (κ2) is 9.24. The molecule has 0 bridgehead atoms. The third kappa shape index (κ3) is 5.34. The van der Waals surface area contributed by atoms with Crippen LogP contribution >= 0.6 is 0 Å². The van der Waals surface area contributed by atoms with E-state index in [0.29, 0.717) is 19.7 Å². The largest absolute Gasteiger partial charge is 0.490 e. The first-order valence-electron chi connectivity index (χ1n) is 9.33. The smallest absolute Gasteiger partial charge is 0.475 e. The quantitative estimate of drug-likeness (QED) is 0.774. The lowest BCUT2D eigenvalue weighted by Gasteiger charge is -2.22. The number of aliphatic carboxylic acids is 1. The van der Waals surface area contributed by atoms with Crippen molar-refractivity contribution in [1.29, 1.82) is 0 Å². The average molecular weight is 430 g/mol. The van der Waals surface area contributed by atoms with Gasteiger partial charge in [0.2, 0.25) is 0 Å². The van der Waals surface area contributed by atoms with Crippen molar-refractivity contribution in [2.24, 2.45) is 0 Å². The minimum atomic E-state index is -5.08. The van der Waals surface area contributed by atoms with Gasteiger partial charge in [-0.05, 0) is 19.3 Å². The number of imidazole rings is 1. The summed E-state index contributed by atoms with van der Waals surface area (Å²) in [5, 5.41) is 15.7. The van der Waals surface area contributed by atoms with Crippen LogP contribution in [0.1, 0.15) is 30.9 Å². The van der Waals surface area contributed by atoms with Gasteiger partial charge in [0, 0.05) is 32.1 Å². The molecule has 1 unspecified atom stereocenters. The molecule has 2 aliphatic heterocycles. The molecular formula is C17H21F3N6O4. The van der Waals surface area contributed by atoms with Gasteiger partial charge in [0.25, 0.3) is 5.91 Å². The maximum Gasteiger partial charge on any atom is 0.490 e. The van der Waals surface area contributed by atoms with Crippen LogP contribution in [-0.2, 0) is 34.0 Å². The third-order valence-electron chi connectivity index (χ3n) is 4.69. The summed E-state index contributed by atoms with van der Waals surface area (Å²) in [4.78, 5) is 27.4. The molecule has 1 N–H and O–H groups in total. The molecule has 4 rings (SSSR count). The van der Waals surface area contributed by atoms with E-state index in [1.807, 2.05) is 15.7 Å². The number of aromatic nitrogens is 5. The third-order valence-corrected chi connectivity index (χ3v) is 4.69. The predicted molar refractivity (Wildman–Crippen MR) is 94.0 cm³/mol. The van der Waals surface area contributed by atoms with E-state index in [4.69, 9.17) is 14.6 Å². The van der Waals surface area contributed by atoms with Crippen LogP contribution in [0.2, 0.25) is 0 Å². The fourth-order valence-corrected chi connectivity index (χ4v) is 3.24. The maximum absolute atomic E-state index is 12.6. The van der Waals surface area contributed by atoms with Gasteiger partial charge in [-0.1, -0.05) is 0 Å². The minimum absolute atomic E-state index is 0.0927. The number of ether oxygens (including phenoxy) is 1. The monoisotopic (exact) mass is 430 g/mol. The molecule has 0 spiro atoms. The first kappa shape index (κ1) is 21.7. The number of fused-ring (bicyclic) bond motifs is 1. The maximum atomic E-state index is 12.6.